The lowest BCUT2D eigenvalue weighted by molar-refractivity contribution is -0.140. The fourth-order valence-electron chi connectivity index (χ4n) is 1.74. The van der Waals surface area contributed by atoms with E-state index >= 15 is 0 Å². The van der Waals surface area contributed by atoms with Crippen molar-refractivity contribution in [3.05, 3.63) is 28.2 Å². The molecule has 0 aliphatic heterocycles. The standard InChI is InChI=1S/C13H13Cl2N3O3/c1-7(12(19)20)6-18(2)13-16-11(17-21-13)8-3-9(14)5-10(15)4-8/h3-5,7H,6H2,1-2H3,(H,19,20). The van der Waals surface area contributed by atoms with E-state index in [-0.39, 0.29) is 12.6 Å². The highest BCUT2D eigenvalue weighted by molar-refractivity contribution is 6.35. The second-order valence-electron chi connectivity index (χ2n) is 4.68. The molecule has 0 amide bonds. The molecule has 0 spiro atoms. The highest BCUT2D eigenvalue weighted by Gasteiger charge is 2.18. The maximum atomic E-state index is 10.8. The van der Waals surface area contributed by atoms with Crippen molar-refractivity contribution < 1.29 is 14.4 Å². The molecule has 2 rings (SSSR count). The summed E-state index contributed by atoms with van der Waals surface area (Å²) in [6, 6.07) is 5.17. The second kappa shape index (κ2) is 6.32. The zero-order valence-electron chi connectivity index (χ0n) is 11.4. The number of rotatable bonds is 5. The molecule has 0 aliphatic rings. The molecule has 0 aliphatic carbocycles. The van der Waals surface area contributed by atoms with Crippen LogP contribution in [-0.2, 0) is 4.79 Å². The number of hydrogen-bond acceptors (Lipinski definition) is 5. The summed E-state index contributed by atoms with van der Waals surface area (Å²) in [6.07, 6.45) is 0. The number of aromatic nitrogens is 2. The van der Waals surface area contributed by atoms with Gasteiger partial charge in [0, 0.05) is 29.2 Å². The molecule has 1 aromatic heterocycles. The van der Waals surface area contributed by atoms with Gasteiger partial charge in [0.05, 0.1) is 5.92 Å². The van der Waals surface area contributed by atoms with Crippen LogP contribution < -0.4 is 4.90 Å². The number of anilines is 1. The van der Waals surface area contributed by atoms with Gasteiger partial charge in [0.15, 0.2) is 0 Å². The predicted molar refractivity (Wildman–Crippen MR) is 79.8 cm³/mol. The minimum Gasteiger partial charge on any atom is -0.481 e. The van der Waals surface area contributed by atoms with Crippen molar-refractivity contribution in [2.75, 3.05) is 18.5 Å². The lowest BCUT2D eigenvalue weighted by atomic mass is 10.2. The molecule has 1 heterocycles. The summed E-state index contributed by atoms with van der Waals surface area (Å²) in [4.78, 5) is 16.6. The Morgan fingerprint density at radius 2 is 2.00 bits per heavy atom. The Morgan fingerprint density at radius 1 is 1.38 bits per heavy atom. The number of aliphatic carboxylic acids is 1. The normalized spacial score (nSPS) is 12.2. The SMILES string of the molecule is CC(CN(C)c1nc(-c2cc(Cl)cc(Cl)c2)no1)C(=O)O. The summed E-state index contributed by atoms with van der Waals surface area (Å²) < 4.78 is 5.13. The Bertz CT molecular complexity index is 640. The first-order chi connectivity index (χ1) is 9.86. The van der Waals surface area contributed by atoms with Gasteiger partial charge in [0.2, 0.25) is 5.82 Å². The van der Waals surface area contributed by atoms with Crippen molar-refractivity contribution in [1.29, 1.82) is 0 Å². The van der Waals surface area contributed by atoms with Gasteiger partial charge >= 0.3 is 12.0 Å². The van der Waals surface area contributed by atoms with Crippen LogP contribution >= 0.6 is 23.2 Å². The van der Waals surface area contributed by atoms with Crippen molar-refractivity contribution in [2.45, 2.75) is 6.92 Å². The second-order valence-corrected chi connectivity index (χ2v) is 5.55. The Hall–Kier alpha value is -1.79. The summed E-state index contributed by atoms with van der Waals surface area (Å²) in [5, 5.41) is 13.7. The number of carboxylic acid groups (broad SMARTS) is 1. The highest BCUT2D eigenvalue weighted by atomic mass is 35.5. The highest BCUT2D eigenvalue weighted by Crippen LogP contribution is 2.26. The van der Waals surface area contributed by atoms with E-state index in [1.54, 1.807) is 37.1 Å². The van der Waals surface area contributed by atoms with E-state index in [2.05, 4.69) is 10.1 Å². The maximum absolute atomic E-state index is 10.8. The molecule has 0 saturated heterocycles. The molecule has 0 bridgehead atoms. The van der Waals surface area contributed by atoms with Gasteiger partial charge in [-0.05, 0) is 18.2 Å². The number of halogens is 2. The fraction of sp³-hybridized carbons (Fsp3) is 0.308. The van der Waals surface area contributed by atoms with Crippen LogP contribution in [0.15, 0.2) is 22.7 Å². The molecule has 1 unspecified atom stereocenters. The molecule has 1 atom stereocenters. The van der Waals surface area contributed by atoms with Gasteiger partial charge < -0.3 is 14.5 Å². The van der Waals surface area contributed by atoms with Crippen molar-refractivity contribution in [1.82, 2.24) is 10.1 Å². The minimum atomic E-state index is -0.886. The van der Waals surface area contributed by atoms with Gasteiger partial charge in [0.25, 0.3) is 0 Å². The summed E-state index contributed by atoms with van der Waals surface area (Å²) in [5.74, 6) is -1.10. The predicted octanol–water partition coefficient (Wildman–Crippen LogP) is 3.20. The van der Waals surface area contributed by atoms with Gasteiger partial charge in [-0.3, -0.25) is 4.79 Å². The smallest absolute Gasteiger partial charge is 0.324 e. The average Bonchev–Trinajstić information content (AvgIpc) is 2.86. The topological polar surface area (TPSA) is 79.5 Å². The van der Waals surface area contributed by atoms with Crippen LogP contribution in [0.25, 0.3) is 11.4 Å². The van der Waals surface area contributed by atoms with Gasteiger partial charge in [-0.1, -0.05) is 35.3 Å². The zero-order valence-corrected chi connectivity index (χ0v) is 12.9. The number of carboxylic acids is 1. The third kappa shape index (κ3) is 3.86. The fourth-order valence-corrected chi connectivity index (χ4v) is 2.26. The van der Waals surface area contributed by atoms with E-state index in [1.807, 2.05) is 0 Å². The largest absolute Gasteiger partial charge is 0.481 e. The quantitative estimate of drug-likeness (QED) is 0.907. The van der Waals surface area contributed by atoms with Gasteiger partial charge in [0.1, 0.15) is 0 Å². The number of benzene rings is 1. The van der Waals surface area contributed by atoms with Gasteiger partial charge in [-0.15, -0.1) is 0 Å². The average molecular weight is 330 g/mol. The first-order valence-corrected chi connectivity index (χ1v) is 6.86. The van der Waals surface area contributed by atoms with E-state index in [0.29, 0.717) is 21.4 Å². The van der Waals surface area contributed by atoms with E-state index in [0.717, 1.165) is 0 Å². The Kier molecular flexibility index (Phi) is 4.69. The molecule has 8 heteroatoms. The van der Waals surface area contributed by atoms with E-state index < -0.39 is 11.9 Å². The van der Waals surface area contributed by atoms with Gasteiger partial charge in [-0.25, -0.2) is 0 Å². The Morgan fingerprint density at radius 3 is 2.57 bits per heavy atom. The summed E-state index contributed by atoms with van der Waals surface area (Å²) in [5.41, 5.74) is 0.627. The molecule has 6 nitrogen and oxygen atoms in total. The van der Waals surface area contributed by atoms with E-state index in [1.165, 1.54) is 0 Å². The molecule has 0 saturated carbocycles. The molecule has 1 aromatic carbocycles. The molecule has 1 N–H and O–H groups in total. The van der Waals surface area contributed by atoms with E-state index in [9.17, 15) is 4.79 Å². The van der Waals surface area contributed by atoms with Crippen LogP contribution in [0.1, 0.15) is 6.92 Å². The summed E-state index contributed by atoms with van der Waals surface area (Å²) in [7, 11) is 1.68. The number of carbonyl (C=O) groups is 1. The van der Waals surface area contributed by atoms with Crippen LogP contribution in [0.5, 0.6) is 0 Å². The van der Waals surface area contributed by atoms with Crippen molar-refractivity contribution in [3.8, 4) is 11.4 Å². The first kappa shape index (κ1) is 15.6. The first-order valence-electron chi connectivity index (χ1n) is 6.11. The minimum absolute atomic E-state index is 0.231. The lowest BCUT2D eigenvalue weighted by Crippen LogP contribution is -2.28. The van der Waals surface area contributed by atoms with Crippen LogP contribution in [0.4, 0.5) is 6.01 Å². The zero-order chi connectivity index (χ0) is 15.6. The van der Waals surface area contributed by atoms with Crippen molar-refractivity contribution in [3.63, 3.8) is 0 Å². The molecular weight excluding hydrogens is 317 g/mol. The maximum Gasteiger partial charge on any atom is 0.324 e. The Labute approximate surface area is 131 Å². The molecule has 0 radical (unpaired) electrons. The summed E-state index contributed by atoms with van der Waals surface area (Å²) >= 11 is 11.9. The van der Waals surface area contributed by atoms with Crippen LogP contribution in [0.2, 0.25) is 10.0 Å². The van der Waals surface area contributed by atoms with Crippen molar-refractivity contribution >= 4 is 35.2 Å². The summed E-state index contributed by atoms with van der Waals surface area (Å²) in [6.45, 7) is 1.86. The molecular formula is C13H13Cl2N3O3. The Balaban J connectivity index is 2.19. The van der Waals surface area contributed by atoms with Crippen LogP contribution in [0.3, 0.4) is 0 Å². The molecule has 0 fully saturated rings. The third-order valence-electron chi connectivity index (χ3n) is 2.83. The molecule has 112 valence electrons. The number of hydrogen-bond donors (Lipinski definition) is 1. The lowest BCUT2D eigenvalue weighted by Gasteiger charge is -2.15. The molecule has 21 heavy (non-hydrogen) atoms. The van der Waals surface area contributed by atoms with Crippen LogP contribution in [0, 0.1) is 5.92 Å². The number of nitrogens with zero attached hydrogens (tertiary/aromatic N) is 3. The van der Waals surface area contributed by atoms with E-state index in [4.69, 9.17) is 32.8 Å². The van der Waals surface area contributed by atoms with Crippen LogP contribution in [-0.4, -0.2) is 34.8 Å². The van der Waals surface area contributed by atoms with Crippen molar-refractivity contribution in [2.24, 2.45) is 5.92 Å². The molecule has 2 aromatic rings. The van der Waals surface area contributed by atoms with Gasteiger partial charge in [-0.2, -0.15) is 4.98 Å². The monoisotopic (exact) mass is 329 g/mol. The third-order valence-corrected chi connectivity index (χ3v) is 3.27.